The Kier molecular flexibility index (Phi) is 5.41. The topological polar surface area (TPSA) is 98.2 Å². The van der Waals surface area contributed by atoms with Crippen molar-refractivity contribution in [2.45, 2.75) is 44.9 Å². The van der Waals surface area contributed by atoms with E-state index in [2.05, 4.69) is 5.32 Å². The summed E-state index contributed by atoms with van der Waals surface area (Å²) < 4.78 is 0. The molecule has 0 bridgehead atoms. The summed E-state index contributed by atoms with van der Waals surface area (Å²) in [5.74, 6) is -0.206. The number of rotatable bonds is 7. The first-order chi connectivity index (χ1) is 8.10. The number of unbranched alkanes of at least 4 members (excludes halogenated alkanes) is 1. The molecular weight excluding hydrogens is 218 g/mol. The molecule has 0 unspecified atom stereocenters. The quantitative estimate of drug-likeness (QED) is 0.558. The molecule has 1 aliphatic carbocycles. The summed E-state index contributed by atoms with van der Waals surface area (Å²) in [6, 6.07) is 0. The van der Waals surface area contributed by atoms with E-state index in [-0.39, 0.29) is 17.2 Å². The lowest BCUT2D eigenvalue weighted by Gasteiger charge is -2.25. The van der Waals surface area contributed by atoms with E-state index in [0.717, 1.165) is 38.5 Å². The SMILES string of the molecule is NCC1(C(=O)NCCCCC(N)=O)CCCC1. The largest absolute Gasteiger partial charge is 0.370 e. The summed E-state index contributed by atoms with van der Waals surface area (Å²) in [6.07, 6.45) is 5.88. The standard InChI is InChI=1S/C12H23N3O2/c13-9-12(6-2-3-7-12)11(17)15-8-4-1-5-10(14)16/h1-9,13H2,(H2,14,16)(H,15,17). The minimum Gasteiger partial charge on any atom is -0.370 e. The molecular formula is C12H23N3O2. The van der Waals surface area contributed by atoms with Crippen LogP contribution in [-0.2, 0) is 9.59 Å². The molecule has 0 heterocycles. The third-order valence-electron chi connectivity index (χ3n) is 3.57. The van der Waals surface area contributed by atoms with Gasteiger partial charge in [-0.15, -0.1) is 0 Å². The normalized spacial score (nSPS) is 17.9. The van der Waals surface area contributed by atoms with Gasteiger partial charge in [-0.2, -0.15) is 0 Å². The lowest BCUT2D eigenvalue weighted by atomic mass is 9.85. The highest BCUT2D eigenvalue weighted by Crippen LogP contribution is 2.37. The summed E-state index contributed by atoms with van der Waals surface area (Å²) in [5.41, 5.74) is 10.4. The Balaban J connectivity index is 2.22. The molecule has 5 heteroatoms. The number of nitrogens with two attached hydrogens (primary N) is 2. The molecule has 98 valence electrons. The van der Waals surface area contributed by atoms with Crippen molar-refractivity contribution in [3.63, 3.8) is 0 Å². The van der Waals surface area contributed by atoms with Crippen LogP contribution in [-0.4, -0.2) is 24.9 Å². The van der Waals surface area contributed by atoms with Gasteiger partial charge in [0.1, 0.15) is 0 Å². The van der Waals surface area contributed by atoms with Crippen molar-refractivity contribution in [2.24, 2.45) is 16.9 Å². The van der Waals surface area contributed by atoms with Gasteiger partial charge in [0.15, 0.2) is 0 Å². The Morgan fingerprint density at radius 2 is 1.82 bits per heavy atom. The van der Waals surface area contributed by atoms with Crippen LogP contribution in [0.3, 0.4) is 0 Å². The van der Waals surface area contributed by atoms with Crippen molar-refractivity contribution in [1.29, 1.82) is 0 Å². The second-order valence-corrected chi connectivity index (χ2v) is 4.87. The van der Waals surface area contributed by atoms with Crippen LogP contribution in [0, 0.1) is 5.41 Å². The van der Waals surface area contributed by atoms with Gasteiger partial charge in [-0.05, 0) is 25.7 Å². The molecule has 0 atom stereocenters. The van der Waals surface area contributed by atoms with Crippen LogP contribution in [0.2, 0.25) is 0 Å². The number of hydrogen-bond acceptors (Lipinski definition) is 3. The fourth-order valence-corrected chi connectivity index (χ4v) is 2.39. The maximum absolute atomic E-state index is 12.0. The molecule has 0 spiro atoms. The number of carbonyl (C=O) groups excluding carboxylic acids is 2. The third-order valence-corrected chi connectivity index (χ3v) is 3.57. The maximum Gasteiger partial charge on any atom is 0.227 e. The molecule has 1 saturated carbocycles. The number of hydrogen-bond donors (Lipinski definition) is 3. The lowest BCUT2D eigenvalue weighted by Crippen LogP contribution is -2.44. The van der Waals surface area contributed by atoms with E-state index in [1.165, 1.54) is 0 Å². The average molecular weight is 241 g/mol. The molecule has 0 aromatic rings. The Morgan fingerprint density at radius 3 is 2.35 bits per heavy atom. The number of primary amides is 1. The number of carbonyl (C=O) groups is 2. The van der Waals surface area contributed by atoms with Gasteiger partial charge >= 0.3 is 0 Å². The zero-order valence-corrected chi connectivity index (χ0v) is 10.3. The van der Waals surface area contributed by atoms with Crippen LogP contribution in [0.25, 0.3) is 0 Å². The monoisotopic (exact) mass is 241 g/mol. The molecule has 5 N–H and O–H groups in total. The third kappa shape index (κ3) is 4.00. The number of amides is 2. The van der Waals surface area contributed by atoms with E-state index < -0.39 is 0 Å². The van der Waals surface area contributed by atoms with E-state index in [1.54, 1.807) is 0 Å². The van der Waals surface area contributed by atoms with Crippen LogP contribution in [0.5, 0.6) is 0 Å². The van der Waals surface area contributed by atoms with Gasteiger partial charge in [-0.3, -0.25) is 9.59 Å². The number of nitrogens with one attached hydrogen (secondary N) is 1. The minimum atomic E-state index is -0.330. The second kappa shape index (κ2) is 6.59. The van der Waals surface area contributed by atoms with Crippen molar-refractivity contribution in [2.75, 3.05) is 13.1 Å². The summed E-state index contributed by atoms with van der Waals surface area (Å²) in [4.78, 5) is 22.5. The summed E-state index contributed by atoms with van der Waals surface area (Å²) in [6.45, 7) is 1.04. The molecule has 2 amide bonds. The Labute approximate surface area is 102 Å². The van der Waals surface area contributed by atoms with Gasteiger partial charge in [0.05, 0.1) is 5.41 Å². The fourth-order valence-electron chi connectivity index (χ4n) is 2.39. The maximum atomic E-state index is 12.0. The first-order valence-corrected chi connectivity index (χ1v) is 6.37. The van der Waals surface area contributed by atoms with E-state index >= 15 is 0 Å². The van der Waals surface area contributed by atoms with Gasteiger partial charge < -0.3 is 16.8 Å². The second-order valence-electron chi connectivity index (χ2n) is 4.87. The van der Waals surface area contributed by atoms with Crippen LogP contribution in [0.1, 0.15) is 44.9 Å². The lowest BCUT2D eigenvalue weighted by molar-refractivity contribution is -0.130. The van der Waals surface area contributed by atoms with Crippen molar-refractivity contribution >= 4 is 11.8 Å². The van der Waals surface area contributed by atoms with Crippen LogP contribution < -0.4 is 16.8 Å². The Bertz CT molecular complexity index is 273. The van der Waals surface area contributed by atoms with Gasteiger partial charge in [-0.25, -0.2) is 0 Å². The van der Waals surface area contributed by atoms with E-state index in [1.807, 2.05) is 0 Å². The molecule has 1 aliphatic rings. The molecule has 17 heavy (non-hydrogen) atoms. The molecule has 1 fully saturated rings. The van der Waals surface area contributed by atoms with E-state index in [9.17, 15) is 9.59 Å². The smallest absolute Gasteiger partial charge is 0.227 e. The van der Waals surface area contributed by atoms with Gasteiger partial charge in [0.2, 0.25) is 11.8 Å². The average Bonchev–Trinajstić information content (AvgIpc) is 2.77. The van der Waals surface area contributed by atoms with Crippen LogP contribution in [0.4, 0.5) is 0 Å². The summed E-state index contributed by atoms with van der Waals surface area (Å²) >= 11 is 0. The predicted molar refractivity (Wildman–Crippen MR) is 66.0 cm³/mol. The van der Waals surface area contributed by atoms with Gasteiger partial charge in [0, 0.05) is 19.5 Å². The molecule has 0 aromatic heterocycles. The van der Waals surface area contributed by atoms with Crippen molar-refractivity contribution < 1.29 is 9.59 Å². The first-order valence-electron chi connectivity index (χ1n) is 6.37. The van der Waals surface area contributed by atoms with Gasteiger partial charge in [0.25, 0.3) is 0 Å². The van der Waals surface area contributed by atoms with E-state index in [0.29, 0.717) is 19.5 Å². The first kappa shape index (κ1) is 14.0. The molecule has 0 saturated heterocycles. The predicted octanol–water partition coefficient (Wildman–Crippen LogP) is 0.277. The van der Waals surface area contributed by atoms with Crippen LogP contribution in [0.15, 0.2) is 0 Å². The van der Waals surface area contributed by atoms with Crippen molar-refractivity contribution in [1.82, 2.24) is 5.32 Å². The van der Waals surface area contributed by atoms with Crippen LogP contribution >= 0.6 is 0 Å². The minimum absolute atomic E-state index is 0.0802. The molecule has 0 aliphatic heterocycles. The summed E-state index contributed by atoms with van der Waals surface area (Å²) in [7, 11) is 0. The Hall–Kier alpha value is -1.10. The zero-order chi connectivity index (χ0) is 12.7. The Morgan fingerprint density at radius 1 is 1.18 bits per heavy atom. The molecule has 5 nitrogen and oxygen atoms in total. The van der Waals surface area contributed by atoms with Gasteiger partial charge in [-0.1, -0.05) is 12.8 Å². The molecule has 1 rings (SSSR count). The highest BCUT2D eigenvalue weighted by molar-refractivity contribution is 5.83. The molecule has 0 radical (unpaired) electrons. The van der Waals surface area contributed by atoms with Crippen molar-refractivity contribution in [3.8, 4) is 0 Å². The zero-order valence-electron chi connectivity index (χ0n) is 10.3. The van der Waals surface area contributed by atoms with Crippen molar-refractivity contribution in [3.05, 3.63) is 0 Å². The highest BCUT2D eigenvalue weighted by atomic mass is 16.2. The highest BCUT2D eigenvalue weighted by Gasteiger charge is 2.39. The van der Waals surface area contributed by atoms with E-state index in [4.69, 9.17) is 11.5 Å². The fraction of sp³-hybridized carbons (Fsp3) is 0.833. The molecule has 0 aromatic carbocycles. The summed E-state index contributed by atoms with van der Waals surface area (Å²) in [5, 5.41) is 2.92.